The Balaban J connectivity index is 1.82. The lowest BCUT2D eigenvalue weighted by Crippen LogP contribution is -2.34. The number of ether oxygens (including phenoxy) is 2. The van der Waals surface area contributed by atoms with Gasteiger partial charge in [0.2, 0.25) is 0 Å². The Morgan fingerprint density at radius 2 is 1.89 bits per heavy atom. The minimum Gasteiger partial charge on any atom is -0.508 e. The standard InChI is InChI=1S/C22H26O4S2/c1-2-26-21(24)14-22(27-11-12-28-22)20(18-9-6-10-19(23)13-18)16-25-15-17-7-4-3-5-8-17/h3-10,13,20,23H,2,11-12,14-16H2,1H3/t20-/m1/s1. The zero-order valence-corrected chi connectivity index (χ0v) is 17.6. The third kappa shape index (κ3) is 5.46. The minimum absolute atomic E-state index is 0.0368. The van der Waals surface area contributed by atoms with Crippen LogP contribution in [0, 0.1) is 0 Å². The van der Waals surface area contributed by atoms with Gasteiger partial charge in [0.1, 0.15) is 5.75 Å². The van der Waals surface area contributed by atoms with Gasteiger partial charge < -0.3 is 14.6 Å². The second-order valence-corrected chi connectivity index (χ2v) is 9.75. The number of benzene rings is 2. The van der Waals surface area contributed by atoms with Crippen molar-refractivity contribution in [3.63, 3.8) is 0 Å². The Kier molecular flexibility index (Phi) is 7.71. The number of carbonyl (C=O) groups is 1. The summed E-state index contributed by atoms with van der Waals surface area (Å²) in [6.07, 6.45) is 0.325. The first-order valence-corrected chi connectivity index (χ1v) is 11.4. The maximum atomic E-state index is 12.4. The van der Waals surface area contributed by atoms with E-state index in [0.717, 1.165) is 22.6 Å². The molecule has 1 heterocycles. The molecule has 1 atom stereocenters. The Morgan fingerprint density at radius 3 is 2.57 bits per heavy atom. The van der Waals surface area contributed by atoms with Crippen LogP contribution in [0.5, 0.6) is 5.75 Å². The van der Waals surface area contributed by atoms with Crippen molar-refractivity contribution in [2.45, 2.75) is 29.9 Å². The van der Waals surface area contributed by atoms with Crippen molar-refractivity contribution in [1.82, 2.24) is 0 Å². The first kappa shape index (κ1) is 21.1. The van der Waals surface area contributed by atoms with Crippen LogP contribution in [-0.2, 0) is 20.9 Å². The normalized spacial score (nSPS) is 16.6. The fraction of sp³-hybridized carbons (Fsp3) is 0.409. The molecule has 4 nitrogen and oxygen atoms in total. The van der Waals surface area contributed by atoms with Crippen molar-refractivity contribution in [2.24, 2.45) is 0 Å². The van der Waals surface area contributed by atoms with E-state index in [0.29, 0.717) is 26.2 Å². The van der Waals surface area contributed by atoms with Gasteiger partial charge >= 0.3 is 5.97 Å². The van der Waals surface area contributed by atoms with E-state index in [2.05, 4.69) is 0 Å². The van der Waals surface area contributed by atoms with Crippen LogP contribution in [0.4, 0.5) is 0 Å². The average molecular weight is 419 g/mol. The topological polar surface area (TPSA) is 55.8 Å². The Hall–Kier alpha value is -1.63. The molecule has 0 amide bonds. The minimum atomic E-state index is -0.350. The molecule has 1 fully saturated rings. The number of hydrogen-bond donors (Lipinski definition) is 1. The number of phenolic OH excluding ortho intramolecular Hbond substituents is 1. The molecule has 0 aromatic heterocycles. The van der Waals surface area contributed by atoms with Crippen LogP contribution in [0.3, 0.4) is 0 Å². The number of rotatable bonds is 9. The molecule has 28 heavy (non-hydrogen) atoms. The molecule has 2 aromatic carbocycles. The number of esters is 1. The molecule has 0 bridgehead atoms. The maximum Gasteiger partial charge on any atom is 0.308 e. The van der Waals surface area contributed by atoms with Crippen LogP contribution in [0.1, 0.15) is 30.4 Å². The highest BCUT2D eigenvalue weighted by Crippen LogP contribution is 2.55. The summed E-state index contributed by atoms with van der Waals surface area (Å²) in [6.45, 7) is 3.19. The Labute approximate surface area is 175 Å². The third-order valence-electron chi connectivity index (χ3n) is 4.67. The first-order chi connectivity index (χ1) is 13.6. The molecule has 1 aliphatic heterocycles. The molecule has 0 radical (unpaired) electrons. The van der Waals surface area contributed by atoms with Gasteiger partial charge in [-0.2, -0.15) is 0 Å². The van der Waals surface area contributed by atoms with Gasteiger partial charge in [0, 0.05) is 17.4 Å². The highest BCUT2D eigenvalue weighted by Gasteiger charge is 2.46. The summed E-state index contributed by atoms with van der Waals surface area (Å²) in [6, 6.07) is 17.3. The maximum absolute atomic E-state index is 12.4. The van der Waals surface area contributed by atoms with Crippen LogP contribution < -0.4 is 0 Å². The highest BCUT2D eigenvalue weighted by atomic mass is 32.2. The highest BCUT2D eigenvalue weighted by molar-refractivity contribution is 8.21. The molecule has 1 aliphatic rings. The molecular weight excluding hydrogens is 392 g/mol. The van der Waals surface area contributed by atoms with Crippen molar-refractivity contribution < 1.29 is 19.4 Å². The van der Waals surface area contributed by atoms with Crippen LogP contribution in [0.25, 0.3) is 0 Å². The fourth-order valence-electron chi connectivity index (χ4n) is 3.40. The number of thioether (sulfide) groups is 2. The summed E-state index contributed by atoms with van der Waals surface area (Å²) < 4.78 is 11.0. The van der Waals surface area contributed by atoms with Crippen molar-refractivity contribution in [3.8, 4) is 5.75 Å². The lowest BCUT2D eigenvalue weighted by atomic mass is 9.93. The summed E-state index contributed by atoms with van der Waals surface area (Å²) in [4.78, 5) is 12.4. The van der Waals surface area contributed by atoms with Gasteiger partial charge in [0.15, 0.2) is 0 Å². The van der Waals surface area contributed by atoms with Gasteiger partial charge in [-0.05, 0) is 30.2 Å². The quantitative estimate of drug-likeness (QED) is 0.589. The van der Waals surface area contributed by atoms with Crippen molar-refractivity contribution in [3.05, 3.63) is 65.7 Å². The Bertz CT molecular complexity index is 760. The summed E-state index contributed by atoms with van der Waals surface area (Å²) in [5, 5.41) is 10.0. The first-order valence-electron chi connectivity index (χ1n) is 9.47. The van der Waals surface area contributed by atoms with Gasteiger partial charge in [0.05, 0.1) is 30.3 Å². The molecule has 0 unspecified atom stereocenters. The van der Waals surface area contributed by atoms with E-state index >= 15 is 0 Å². The van der Waals surface area contributed by atoms with Crippen molar-refractivity contribution in [1.29, 1.82) is 0 Å². The molecule has 0 saturated carbocycles. The second-order valence-electron chi connectivity index (χ2n) is 6.64. The largest absolute Gasteiger partial charge is 0.508 e. The van der Waals surface area contributed by atoms with E-state index < -0.39 is 0 Å². The Morgan fingerprint density at radius 1 is 1.14 bits per heavy atom. The molecule has 2 aromatic rings. The SMILES string of the molecule is CCOC(=O)CC1([C@H](COCc2ccccc2)c2cccc(O)c2)SCCS1. The smallest absolute Gasteiger partial charge is 0.308 e. The number of hydrogen-bond acceptors (Lipinski definition) is 6. The number of carbonyl (C=O) groups excluding carboxylic acids is 1. The zero-order valence-electron chi connectivity index (χ0n) is 16.0. The molecule has 150 valence electrons. The molecule has 0 spiro atoms. The van der Waals surface area contributed by atoms with Gasteiger partial charge in [-0.15, -0.1) is 23.5 Å². The lowest BCUT2D eigenvalue weighted by Gasteiger charge is -2.35. The van der Waals surface area contributed by atoms with Crippen LogP contribution in [0.2, 0.25) is 0 Å². The van der Waals surface area contributed by atoms with Gasteiger partial charge in [0.25, 0.3) is 0 Å². The summed E-state index contributed by atoms with van der Waals surface area (Å²) in [7, 11) is 0. The summed E-state index contributed by atoms with van der Waals surface area (Å²) >= 11 is 3.60. The van der Waals surface area contributed by atoms with Gasteiger partial charge in [-0.25, -0.2) is 0 Å². The molecule has 0 aliphatic carbocycles. The van der Waals surface area contributed by atoms with E-state index in [9.17, 15) is 9.90 Å². The molecule has 1 saturated heterocycles. The van der Waals surface area contributed by atoms with Crippen molar-refractivity contribution in [2.75, 3.05) is 24.7 Å². The van der Waals surface area contributed by atoms with E-state index in [1.807, 2.05) is 49.4 Å². The summed E-state index contributed by atoms with van der Waals surface area (Å²) in [5.41, 5.74) is 2.10. The van der Waals surface area contributed by atoms with E-state index in [1.165, 1.54) is 0 Å². The average Bonchev–Trinajstić information content (AvgIpc) is 3.15. The predicted octanol–water partition coefficient (Wildman–Crippen LogP) is 4.82. The number of phenols is 1. The second kappa shape index (κ2) is 10.2. The molecule has 1 N–H and O–H groups in total. The lowest BCUT2D eigenvalue weighted by molar-refractivity contribution is -0.143. The van der Waals surface area contributed by atoms with E-state index in [1.54, 1.807) is 35.7 Å². The molecule has 6 heteroatoms. The molecule has 3 rings (SSSR count). The van der Waals surface area contributed by atoms with E-state index in [4.69, 9.17) is 9.47 Å². The zero-order chi connectivity index (χ0) is 19.8. The van der Waals surface area contributed by atoms with Gasteiger partial charge in [-0.3, -0.25) is 4.79 Å². The number of aromatic hydroxyl groups is 1. The van der Waals surface area contributed by atoms with Crippen LogP contribution >= 0.6 is 23.5 Å². The monoisotopic (exact) mass is 418 g/mol. The van der Waals surface area contributed by atoms with Crippen LogP contribution in [0.15, 0.2) is 54.6 Å². The third-order valence-corrected chi connectivity index (χ3v) is 8.29. The van der Waals surface area contributed by atoms with E-state index in [-0.39, 0.29) is 21.7 Å². The molecular formula is C22H26O4S2. The van der Waals surface area contributed by atoms with Gasteiger partial charge in [-0.1, -0.05) is 42.5 Å². The summed E-state index contributed by atoms with van der Waals surface area (Å²) in [5.74, 6) is 1.98. The van der Waals surface area contributed by atoms with Crippen LogP contribution in [-0.4, -0.2) is 39.9 Å². The fourth-order valence-corrected chi connectivity index (χ4v) is 6.84. The predicted molar refractivity (Wildman–Crippen MR) is 116 cm³/mol. The van der Waals surface area contributed by atoms with Crippen molar-refractivity contribution >= 4 is 29.5 Å².